The second kappa shape index (κ2) is 8.08. The molecule has 0 aliphatic carbocycles. The van der Waals surface area contributed by atoms with Crippen LogP contribution in [0, 0.1) is 0 Å². The Balaban J connectivity index is 1.46. The molecular formula is C25H20F2N6O2. The van der Waals surface area contributed by atoms with E-state index in [9.17, 15) is 13.6 Å². The maximum atomic E-state index is 13.9. The molecule has 0 spiro atoms. The fraction of sp³-hybridized carbons (Fsp3) is 0.160. The Kier molecular flexibility index (Phi) is 4.87. The van der Waals surface area contributed by atoms with Crippen LogP contribution in [0.25, 0.3) is 21.8 Å². The predicted octanol–water partition coefficient (Wildman–Crippen LogP) is 5.37. The van der Waals surface area contributed by atoms with Gasteiger partial charge in [-0.1, -0.05) is 0 Å². The number of nitrogens with one attached hydrogen (secondary N) is 1. The highest BCUT2D eigenvalue weighted by Crippen LogP contribution is 2.39. The van der Waals surface area contributed by atoms with Crippen LogP contribution in [-0.2, 0) is 13.6 Å². The lowest BCUT2D eigenvalue weighted by molar-refractivity contribution is 0.0817. The number of H-pyrrole nitrogens is 1. The Morgan fingerprint density at radius 2 is 1.91 bits per heavy atom. The van der Waals surface area contributed by atoms with E-state index in [0.717, 1.165) is 21.8 Å². The van der Waals surface area contributed by atoms with E-state index in [1.165, 1.54) is 6.20 Å². The molecule has 176 valence electrons. The van der Waals surface area contributed by atoms with Gasteiger partial charge < -0.3 is 9.72 Å². The molecule has 4 heterocycles. The number of hydrogen-bond acceptors (Lipinski definition) is 4. The van der Waals surface area contributed by atoms with Crippen LogP contribution in [0.2, 0.25) is 0 Å². The molecular weight excluding hydrogens is 454 g/mol. The van der Waals surface area contributed by atoms with E-state index in [2.05, 4.69) is 15.1 Å². The van der Waals surface area contributed by atoms with Crippen molar-refractivity contribution in [1.29, 1.82) is 0 Å². The Bertz CT molecular complexity index is 1580. The van der Waals surface area contributed by atoms with E-state index in [1.54, 1.807) is 20.5 Å². The number of fused-ring (bicyclic) bond motifs is 3. The van der Waals surface area contributed by atoms with E-state index in [-0.39, 0.29) is 18.3 Å². The molecule has 6 rings (SSSR count). The minimum absolute atomic E-state index is 0.176. The highest BCUT2D eigenvalue weighted by atomic mass is 19.3. The summed E-state index contributed by atoms with van der Waals surface area (Å²) in [7, 11) is 1.85. The molecule has 2 amide bonds. The Morgan fingerprint density at radius 1 is 1.09 bits per heavy atom. The van der Waals surface area contributed by atoms with E-state index in [1.807, 2.05) is 61.9 Å². The van der Waals surface area contributed by atoms with E-state index in [0.29, 0.717) is 22.8 Å². The van der Waals surface area contributed by atoms with Crippen LogP contribution in [0.15, 0.2) is 67.1 Å². The minimum Gasteiger partial charge on any atom is -0.486 e. The average molecular weight is 474 g/mol. The van der Waals surface area contributed by atoms with Crippen LogP contribution >= 0.6 is 0 Å². The van der Waals surface area contributed by atoms with Crippen molar-refractivity contribution in [2.75, 3.05) is 16.4 Å². The lowest BCUT2D eigenvalue weighted by Crippen LogP contribution is -2.45. The van der Waals surface area contributed by atoms with Gasteiger partial charge in [0, 0.05) is 47.5 Å². The molecule has 1 N–H and O–H groups in total. The Hall–Kier alpha value is -4.47. The molecule has 0 saturated carbocycles. The van der Waals surface area contributed by atoms with Gasteiger partial charge in [-0.2, -0.15) is 5.10 Å². The van der Waals surface area contributed by atoms with Gasteiger partial charge in [-0.25, -0.2) is 13.6 Å². The summed E-state index contributed by atoms with van der Waals surface area (Å²) in [6.45, 7) is -0.529. The maximum absolute atomic E-state index is 13.9. The fourth-order valence-electron chi connectivity index (χ4n) is 4.39. The molecule has 8 nitrogen and oxygen atoms in total. The first-order valence-electron chi connectivity index (χ1n) is 11.0. The summed E-state index contributed by atoms with van der Waals surface area (Å²) in [5.74, 6) is 0.176. The number of halogens is 2. The lowest BCUT2D eigenvalue weighted by Gasteiger charge is -2.36. The van der Waals surface area contributed by atoms with Crippen molar-refractivity contribution >= 4 is 44.9 Å². The SMILES string of the molecule is Cn1cc2cc(N3Cc4ncc(OCC(F)F)cc4N(c4ccc5[nH]ccc5c4)C3=O)ccc2n1. The topological polar surface area (TPSA) is 79.3 Å². The van der Waals surface area contributed by atoms with Gasteiger partial charge in [0.1, 0.15) is 12.4 Å². The molecule has 0 bridgehead atoms. The van der Waals surface area contributed by atoms with E-state index >= 15 is 0 Å². The van der Waals surface area contributed by atoms with Crippen LogP contribution in [0.5, 0.6) is 5.75 Å². The number of amides is 2. The largest absolute Gasteiger partial charge is 0.486 e. The third-order valence-corrected chi connectivity index (χ3v) is 5.98. The zero-order chi connectivity index (χ0) is 24.1. The number of ether oxygens (including phenoxy) is 1. The Labute approximate surface area is 198 Å². The standard InChI is InChI=1S/C25H20F2N6O2/c1-31-12-16-9-17(2-5-21(16)30-31)32-13-22-23(10-19(11-29-22)35-14-24(26)27)33(25(32)34)18-3-4-20-15(8-18)6-7-28-20/h2-12,24,28H,13-14H2,1H3. The highest BCUT2D eigenvalue weighted by Gasteiger charge is 2.34. The van der Waals surface area contributed by atoms with Crippen LogP contribution < -0.4 is 14.5 Å². The second-order valence-electron chi connectivity index (χ2n) is 8.34. The summed E-state index contributed by atoms with van der Waals surface area (Å²) in [5.41, 5.74) is 4.21. The van der Waals surface area contributed by atoms with Crippen LogP contribution in [0.4, 0.5) is 30.6 Å². The van der Waals surface area contributed by atoms with Gasteiger partial charge in [0.25, 0.3) is 6.43 Å². The van der Waals surface area contributed by atoms with Crippen molar-refractivity contribution in [1.82, 2.24) is 19.7 Å². The third-order valence-electron chi connectivity index (χ3n) is 5.98. The summed E-state index contributed by atoms with van der Waals surface area (Å²) in [6, 6.07) is 14.5. The van der Waals surface area contributed by atoms with Crippen molar-refractivity contribution in [3.63, 3.8) is 0 Å². The normalized spacial score (nSPS) is 13.8. The third kappa shape index (κ3) is 3.72. The summed E-state index contributed by atoms with van der Waals surface area (Å²) in [4.78, 5) is 24.7. The number of anilines is 3. The van der Waals surface area contributed by atoms with E-state index < -0.39 is 13.0 Å². The van der Waals surface area contributed by atoms with E-state index in [4.69, 9.17) is 4.74 Å². The zero-order valence-electron chi connectivity index (χ0n) is 18.7. The van der Waals surface area contributed by atoms with Crippen LogP contribution in [-0.4, -0.2) is 38.8 Å². The number of rotatable bonds is 5. The first kappa shape index (κ1) is 21.1. The van der Waals surface area contributed by atoms with Gasteiger partial charge >= 0.3 is 6.03 Å². The quantitative estimate of drug-likeness (QED) is 0.371. The summed E-state index contributed by atoms with van der Waals surface area (Å²) < 4.78 is 32.3. The number of aryl methyl sites for hydroxylation is 1. The molecule has 0 fully saturated rings. The Morgan fingerprint density at radius 3 is 2.77 bits per heavy atom. The lowest BCUT2D eigenvalue weighted by atomic mass is 10.1. The monoisotopic (exact) mass is 474 g/mol. The molecule has 10 heteroatoms. The molecule has 0 radical (unpaired) electrons. The van der Waals surface area contributed by atoms with Gasteiger partial charge in [-0.15, -0.1) is 0 Å². The smallest absolute Gasteiger partial charge is 0.334 e. The number of aromatic amines is 1. The zero-order valence-corrected chi connectivity index (χ0v) is 18.7. The second-order valence-corrected chi connectivity index (χ2v) is 8.34. The number of benzene rings is 2. The molecule has 0 atom stereocenters. The number of carbonyl (C=O) groups excluding carboxylic acids is 1. The number of nitrogens with zero attached hydrogens (tertiary/aromatic N) is 5. The predicted molar refractivity (Wildman–Crippen MR) is 128 cm³/mol. The van der Waals surface area contributed by atoms with Crippen molar-refractivity contribution in [3.05, 3.63) is 72.8 Å². The summed E-state index contributed by atoms with van der Waals surface area (Å²) >= 11 is 0. The maximum Gasteiger partial charge on any atom is 0.334 e. The summed E-state index contributed by atoms with van der Waals surface area (Å²) in [5, 5.41) is 6.24. The first-order valence-corrected chi connectivity index (χ1v) is 11.0. The summed E-state index contributed by atoms with van der Waals surface area (Å²) in [6.07, 6.45) is 2.52. The molecule has 5 aromatic rings. The minimum atomic E-state index is -2.61. The van der Waals surface area contributed by atoms with Gasteiger partial charge in [0.15, 0.2) is 0 Å². The molecule has 0 saturated heterocycles. The number of aromatic nitrogens is 4. The van der Waals surface area contributed by atoms with Crippen molar-refractivity contribution in [2.45, 2.75) is 13.0 Å². The van der Waals surface area contributed by atoms with Crippen molar-refractivity contribution < 1.29 is 18.3 Å². The van der Waals surface area contributed by atoms with Gasteiger partial charge in [0.05, 0.1) is 35.3 Å². The number of alkyl halides is 2. The molecule has 0 unspecified atom stereocenters. The first-order chi connectivity index (χ1) is 17.0. The number of pyridine rings is 1. The number of carbonyl (C=O) groups is 1. The molecule has 3 aromatic heterocycles. The number of urea groups is 1. The van der Waals surface area contributed by atoms with Crippen LogP contribution in [0.3, 0.4) is 0 Å². The molecule has 2 aromatic carbocycles. The molecule has 35 heavy (non-hydrogen) atoms. The van der Waals surface area contributed by atoms with Crippen molar-refractivity contribution in [2.24, 2.45) is 7.05 Å². The number of hydrogen-bond donors (Lipinski definition) is 1. The van der Waals surface area contributed by atoms with Crippen LogP contribution in [0.1, 0.15) is 5.69 Å². The average Bonchev–Trinajstić information content (AvgIpc) is 3.46. The van der Waals surface area contributed by atoms with Gasteiger partial charge in [-0.05, 0) is 42.5 Å². The van der Waals surface area contributed by atoms with Gasteiger partial charge in [-0.3, -0.25) is 19.5 Å². The van der Waals surface area contributed by atoms with Gasteiger partial charge in [0.2, 0.25) is 0 Å². The molecule has 1 aliphatic rings. The highest BCUT2D eigenvalue weighted by molar-refractivity contribution is 6.12. The molecule has 1 aliphatic heterocycles. The van der Waals surface area contributed by atoms with Crippen molar-refractivity contribution in [3.8, 4) is 5.75 Å². The fourth-order valence-corrected chi connectivity index (χ4v) is 4.39.